The van der Waals surface area contributed by atoms with Crippen molar-refractivity contribution in [2.75, 3.05) is 19.5 Å². The fourth-order valence-electron chi connectivity index (χ4n) is 2.98. The minimum Gasteiger partial charge on any atom is -0.493 e. The number of rotatable bonds is 3. The molecule has 0 aliphatic carbocycles. The van der Waals surface area contributed by atoms with Crippen LogP contribution in [0.3, 0.4) is 0 Å². The Bertz CT molecular complexity index is 916. The normalized spacial score (nSPS) is 16.5. The lowest BCUT2D eigenvalue weighted by atomic mass is 9.86. The van der Waals surface area contributed by atoms with Crippen molar-refractivity contribution in [1.29, 1.82) is 5.26 Å². The molecule has 0 radical (unpaired) electrons. The lowest BCUT2D eigenvalue weighted by Crippen LogP contribution is -2.23. The van der Waals surface area contributed by atoms with Crippen LogP contribution >= 0.6 is 0 Å². The second-order valence-electron chi connectivity index (χ2n) is 7.06. The zero-order valence-electron chi connectivity index (χ0n) is 15.5. The molecular weight excluding hydrogens is 332 g/mol. The van der Waals surface area contributed by atoms with Gasteiger partial charge in [-0.1, -0.05) is 32.9 Å². The van der Waals surface area contributed by atoms with Crippen molar-refractivity contribution in [3.63, 3.8) is 0 Å². The summed E-state index contributed by atoms with van der Waals surface area (Å²) >= 11 is 0. The number of fused-ring (bicyclic) bond motifs is 1. The standard InChI is InChI=1S/C19H22N4O3/c1-19(2,3)18-23-17-15(26-18)13(11(9-20)16(21)22-17)10-7-6-8-12(24-4)14(10)25-5/h6-8,13,22H,21H2,1-5H3. The number of anilines is 1. The van der Waals surface area contributed by atoms with Crippen LogP contribution in [0.2, 0.25) is 0 Å². The van der Waals surface area contributed by atoms with E-state index in [1.807, 2.05) is 32.9 Å². The predicted molar refractivity (Wildman–Crippen MR) is 97.0 cm³/mol. The first-order chi connectivity index (χ1) is 12.3. The van der Waals surface area contributed by atoms with Crippen LogP contribution in [0.1, 0.15) is 43.9 Å². The number of nitrogens with zero attached hydrogens (tertiary/aromatic N) is 2. The number of para-hydroxylation sites is 1. The molecule has 1 unspecified atom stereocenters. The smallest absolute Gasteiger partial charge is 0.201 e. The Hall–Kier alpha value is -3.14. The summed E-state index contributed by atoms with van der Waals surface area (Å²) < 4.78 is 17.0. The summed E-state index contributed by atoms with van der Waals surface area (Å²) in [6.07, 6.45) is 0. The maximum absolute atomic E-state index is 9.71. The van der Waals surface area contributed by atoms with E-state index in [9.17, 15) is 5.26 Å². The first-order valence-corrected chi connectivity index (χ1v) is 8.20. The van der Waals surface area contributed by atoms with Gasteiger partial charge in [0, 0.05) is 11.0 Å². The van der Waals surface area contributed by atoms with Crippen molar-refractivity contribution in [3.8, 4) is 17.6 Å². The SMILES string of the molecule is COc1cccc(C2C(C#N)=C(N)Nc3nc(C(C)(C)C)oc32)c1OC. The van der Waals surface area contributed by atoms with E-state index in [0.29, 0.717) is 34.5 Å². The second kappa shape index (κ2) is 6.30. The Balaban J connectivity index is 2.27. The zero-order chi connectivity index (χ0) is 19.1. The molecule has 7 heteroatoms. The van der Waals surface area contributed by atoms with E-state index in [1.165, 1.54) is 0 Å². The molecule has 26 heavy (non-hydrogen) atoms. The summed E-state index contributed by atoms with van der Waals surface area (Å²) in [4.78, 5) is 4.54. The van der Waals surface area contributed by atoms with Gasteiger partial charge < -0.3 is 24.9 Å². The highest BCUT2D eigenvalue weighted by Crippen LogP contribution is 2.47. The molecule has 3 rings (SSSR count). The lowest BCUT2D eigenvalue weighted by molar-refractivity contribution is 0.346. The van der Waals surface area contributed by atoms with Crippen LogP contribution in [-0.2, 0) is 5.41 Å². The zero-order valence-corrected chi connectivity index (χ0v) is 15.5. The molecule has 0 fully saturated rings. The molecule has 0 spiro atoms. The molecular formula is C19H22N4O3. The van der Waals surface area contributed by atoms with Crippen molar-refractivity contribution in [3.05, 3.63) is 46.8 Å². The molecule has 0 saturated carbocycles. The Labute approximate surface area is 152 Å². The molecule has 1 aliphatic rings. The van der Waals surface area contributed by atoms with Crippen molar-refractivity contribution < 1.29 is 13.9 Å². The molecule has 2 aromatic rings. The number of oxazole rings is 1. The predicted octanol–water partition coefficient (Wildman–Crippen LogP) is 3.24. The molecule has 7 nitrogen and oxygen atoms in total. The highest BCUT2D eigenvalue weighted by molar-refractivity contribution is 5.65. The number of allylic oxidation sites excluding steroid dienone is 1. The highest BCUT2D eigenvalue weighted by atomic mass is 16.5. The third-order valence-corrected chi connectivity index (χ3v) is 4.25. The van der Waals surface area contributed by atoms with Gasteiger partial charge in [-0.25, -0.2) is 0 Å². The van der Waals surface area contributed by atoms with Crippen LogP contribution < -0.4 is 20.5 Å². The summed E-state index contributed by atoms with van der Waals surface area (Å²) in [5.74, 6) is 2.43. The Morgan fingerprint density at radius 3 is 2.58 bits per heavy atom. The van der Waals surface area contributed by atoms with Crippen LogP contribution in [0.4, 0.5) is 5.82 Å². The number of nitrogens with two attached hydrogens (primary N) is 1. The van der Waals surface area contributed by atoms with Gasteiger partial charge in [-0.2, -0.15) is 10.2 Å². The van der Waals surface area contributed by atoms with Crippen LogP contribution in [-0.4, -0.2) is 19.2 Å². The maximum Gasteiger partial charge on any atom is 0.201 e. The van der Waals surface area contributed by atoms with Gasteiger partial charge in [0.1, 0.15) is 5.82 Å². The van der Waals surface area contributed by atoms with Gasteiger partial charge in [0.2, 0.25) is 5.89 Å². The first-order valence-electron chi connectivity index (χ1n) is 8.20. The van der Waals surface area contributed by atoms with Gasteiger partial charge in [0.15, 0.2) is 23.1 Å². The van der Waals surface area contributed by atoms with E-state index in [1.54, 1.807) is 20.3 Å². The number of hydrogen-bond donors (Lipinski definition) is 2. The molecule has 0 amide bonds. The summed E-state index contributed by atoms with van der Waals surface area (Å²) in [6, 6.07) is 7.69. The van der Waals surface area contributed by atoms with Gasteiger partial charge in [-0.3, -0.25) is 0 Å². The maximum atomic E-state index is 9.71. The van der Waals surface area contributed by atoms with E-state index < -0.39 is 5.92 Å². The van der Waals surface area contributed by atoms with Gasteiger partial charge >= 0.3 is 0 Å². The van der Waals surface area contributed by atoms with Crippen molar-refractivity contribution >= 4 is 5.82 Å². The van der Waals surface area contributed by atoms with Crippen molar-refractivity contribution in [2.24, 2.45) is 5.73 Å². The molecule has 0 saturated heterocycles. The van der Waals surface area contributed by atoms with E-state index in [2.05, 4.69) is 16.4 Å². The number of nitriles is 1. The number of benzene rings is 1. The van der Waals surface area contributed by atoms with E-state index in [0.717, 1.165) is 5.56 Å². The summed E-state index contributed by atoms with van der Waals surface area (Å²) in [7, 11) is 3.13. The topological polar surface area (TPSA) is 106 Å². The second-order valence-corrected chi connectivity index (χ2v) is 7.06. The fourth-order valence-corrected chi connectivity index (χ4v) is 2.98. The van der Waals surface area contributed by atoms with Crippen LogP contribution in [0.5, 0.6) is 11.5 Å². The number of aromatic nitrogens is 1. The molecule has 1 aromatic heterocycles. The molecule has 1 atom stereocenters. The van der Waals surface area contributed by atoms with Gasteiger partial charge in [-0.05, 0) is 6.07 Å². The van der Waals surface area contributed by atoms with Crippen molar-refractivity contribution in [1.82, 2.24) is 4.98 Å². The fraction of sp³-hybridized carbons (Fsp3) is 0.368. The highest BCUT2D eigenvalue weighted by Gasteiger charge is 2.37. The molecule has 1 aliphatic heterocycles. The average Bonchev–Trinajstić information content (AvgIpc) is 3.03. The molecule has 0 bridgehead atoms. The summed E-state index contributed by atoms with van der Waals surface area (Å²) in [6.45, 7) is 6.02. The molecule has 1 aromatic carbocycles. The molecule has 136 valence electrons. The van der Waals surface area contributed by atoms with E-state index in [-0.39, 0.29) is 11.2 Å². The third kappa shape index (κ3) is 2.73. The van der Waals surface area contributed by atoms with Gasteiger partial charge in [0.05, 0.1) is 31.8 Å². The number of methoxy groups -OCH3 is 2. The monoisotopic (exact) mass is 354 g/mol. The van der Waals surface area contributed by atoms with Crippen LogP contribution in [0.25, 0.3) is 0 Å². The van der Waals surface area contributed by atoms with Gasteiger partial charge in [0.25, 0.3) is 0 Å². The summed E-state index contributed by atoms with van der Waals surface area (Å²) in [5, 5.41) is 12.7. The minimum atomic E-state index is -0.537. The number of nitrogens with one attached hydrogen (secondary N) is 1. The molecule has 2 heterocycles. The lowest BCUT2D eigenvalue weighted by Gasteiger charge is -2.24. The van der Waals surface area contributed by atoms with E-state index in [4.69, 9.17) is 19.6 Å². The molecule has 3 N–H and O–H groups in total. The Kier molecular flexibility index (Phi) is 4.28. The third-order valence-electron chi connectivity index (χ3n) is 4.25. The quantitative estimate of drug-likeness (QED) is 0.871. The van der Waals surface area contributed by atoms with Crippen LogP contribution in [0.15, 0.2) is 34.0 Å². The van der Waals surface area contributed by atoms with E-state index >= 15 is 0 Å². The minimum absolute atomic E-state index is 0.253. The van der Waals surface area contributed by atoms with Gasteiger partial charge in [-0.15, -0.1) is 0 Å². The van der Waals surface area contributed by atoms with Crippen molar-refractivity contribution in [2.45, 2.75) is 32.1 Å². The Morgan fingerprint density at radius 1 is 1.27 bits per heavy atom. The number of hydrogen-bond acceptors (Lipinski definition) is 7. The largest absolute Gasteiger partial charge is 0.493 e. The summed E-state index contributed by atoms with van der Waals surface area (Å²) in [5.41, 5.74) is 6.89. The number of ether oxygens (including phenoxy) is 2. The average molecular weight is 354 g/mol. The first kappa shape index (κ1) is 17.7. The van der Waals surface area contributed by atoms with Crippen LogP contribution in [0, 0.1) is 11.3 Å². The Morgan fingerprint density at radius 2 is 2.00 bits per heavy atom.